The maximum Gasteiger partial charge on any atom is 0.0620 e. The van der Waals surface area contributed by atoms with Crippen LogP contribution in [0.5, 0.6) is 0 Å². The van der Waals surface area contributed by atoms with Crippen LogP contribution in [0.2, 0.25) is 0 Å². The van der Waals surface area contributed by atoms with Crippen molar-refractivity contribution in [2.45, 2.75) is 33.2 Å². The number of ether oxygens (including phenoxy) is 1. The average molecular weight is 228 g/mol. The lowest BCUT2D eigenvalue weighted by Crippen LogP contribution is -2.41. The van der Waals surface area contributed by atoms with Crippen molar-refractivity contribution in [2.75, 3.05) is 39.9 Å². The van der Waals surface area contributed by atoms with Crippen LogP contribution in [0, 0.1) is 11.8 Å². The second kappa shape index (κ2) is 7.25. The van der Waals surface area contributed by atoms with E-state index in [1.54, 1.807) is 0 Å². The van der Waals surface area contributed by atoms with Crippen LogP contribution in [0.15, 0.2) is 0 Å². The molecule has 0 aromatic rings. The minimum atomic E-state index is 0.594. The van der Waals surface area contributed by atoms with Crippen LogP contribution < -0.4 is 5.32 Å². The van der Waals surface area contributed by atoms with Gasteiger partial charge in [-0.15, -0.1) is 0 Å². The fraction of sp³-hybridized carbons (Fsp3) is 1.00. The van der Waals surface area contributed by atoms with Gasteiger partial charge in [-0.2, -0.15) is 0 Å². The van der Waals surface area contributed by atoms with E-state index in [1.165, 1.54) is 26.1 Å². The van der Waals surface area contributed by atoms with Crippen molar-refractivity contribution >= 4 is 0 Å². The molecule has 0 aromatic carbocycles. The van der Waals surface area contributed by atoms with E-state index in [0.717, 1.165) is 19.1 Å². The van der Waals surface area contributed by atoms with Gasteiger partial charge in [0.2, 0.25) is 0 Å². The van der Waals surface area contributed by atoms with Gasteiger partial charge in [0.1, 0.15) is 0 Å². The van der Waals surface area contributed by atoms with Crippen LogP contribution in [-0.4, -0.2) is 50.8 Å². The first-order chi connectivity index (χ1) is 7.69. The van der Waals surface area contributed by atoms with Crippen molar-refractivity contribution < 1.29 is 4.74 Å². The molecule has 96 valence electrons. The second-order valence-electron chi connectivity index (χ2n) is 5.22. The molecule has 1 aliphatic rings. The van der Waals surface area contributed by atoms with Crippen molar-refractivity contribution in [1.29, 1.82) is 0 Å². The first-order valence-corrected chi connectivity index (χ1v) is 6.62. The number of methoxy groups -OCH3 is 1. The van der Waals surface area contributed by atoms with Gasteiger partial charge in [0, 0.05) is 19.7 Å². The molecule has 1 aliphatic heterocycles. The maximum absolute atomic E-state index is 5.34. The molecule has 1 rings (SSSR count). The van der Waals surface area contributed by atoms with Gasteiger partial charge in [-0.05, 0) is 37.9 Å². The van der Waals surface area contributed by atoms with Crippen LogP contribution in [0.3, 0.4) is 0 Å². The Balaban J connectivity index is 2.37. The Morgan fingerprint density at radius 2 is 2.19 bits per heavy atom. The molecule has 3 nitrogen and oxygen atoms in total. The molecule has 0 bridgehead atoms. The van der Waals surface area contributed by atoms with E-state index in [9.17, 15) is 0 Å². The van der Waals surface area contributed by atoms with Gasteiger partial charge in [0.25, 0.3) is 0 Å². The first kappa shape index (κ1) is 13.9. The Labute approximate surface area is 101 Å². The van der Waals surface area contributed by atoms with Crippen molar-refractivity contribution in [3.63, 3.8) is 0 Å². The van der Waals surface area contributed by atoms with E-state index in [2.05, 4.69) is 31.0 Å². The fourth-order valence-corrected chi connectivity index (χ4v) is 2.57. The molecule has 0 amide bonds. The molecule has 2 unspecified atom stereocenters. The quantitative estimate of drug-likeness (QED) is 0.716. The highest BCUT2D eigenvalue weighted by molar-refractivity contribution is 4.83. The topological polar surface area (TPSA) is 24.5 Å². The summed E-state index contributed by atoms with van der Waals surface area (Å²) in [7, 11) is 1.81. The molecule has 0 radical (unpaired) electrons. The zero-order valence-electron chi connectivity index (χ0n) is 11.3. The summed E-state index contributed by atoms with van der Waals surface area (Å²) in [5.41, 5.74) is 0. The predicted octanol–water partition coefficient (Wildman–Crippen LogP) is 1.59. The lowest BCUT2D eigenvalue weighted by Gasteiger charge is -2.30. The summed E-state index contributed by atoms with van der Waals surface area (Å²) in [5.74, 6) is 1.51. The predicted molar refractivity (Wildman–Crippen MR) is 68.7 cm³/mol. The zero-order valence-corrected chi connectivity index (χ0v) is 11.3. The van der Waals surface area contributed by atoms with Crippen LogP contribution in [0.1, 0.15) is 27.2 Å². The number of likely N-dealkylation sites (tertiary alicyclic amines) is 1. The van der Waals surface area contributed by atoms with E-state index in [0.29, 0.717) is 12.0 Å². The first-order valence-electron chi connectivity index (χ1n) is 6.62. The summed E-state index contributed by atoms with van der Waals surface area (Å²) in [6.07, 6.45) is 1.33. The highest BCUT2D eigenvalue weighted by atomic mass is 16.5. The molecular formula is C13H28N2O. The number of rotatable bonds is 7. The Kier molecular flexibility index (Phi) is 6.32. The van der Waals surface area contributed by atoms with Crippen LogP contribution >= 0.6 is 0 Å². The third-order valence-electron chi connectivity index (χ3n) is 3.58. The normalized spacial score (nSPS) is 24.2. The third-order valence-corrected chi connectivity index (χ3v) is 3.58. The summed E-state index contributed by atoms with van der Waals surface area (Å²) in [6, 6.07) is 0.594. The lowest BCUT2D eigenvalue weighted by atomic mass is 10.0. The molecule has 3 heteroatoms. The SMILES string of the molecule is CCNCC1CCN(C(COC)C(C)C)C1. The van der Waals surface area contributed by atoms with Gasteiger partial charge in [0.05, 0.1) is 6.61 Å². The van der Waals surface area contributed by atoms with Gasteiger partial charge in [-0.1, -0.05) is 20.8 Å². The van der Waals surface area contributed by atoms with Crippen molar-refractivity contribution in [3.8, 4) is 0 Å². The molecule has 0 spiro atoms. The van der Waals surface area contributed by atoms with Crippen LogP contribution in [-0.2, 0) is 4.74 Å². The average Bonchev–Trinajstić information content (AvgIpc) is 2.70. The van der Waals surface area contributed by atoms with Gasteiger partial charge < -0.3 is 10.1 Å². The van der Waals surface area contributed by atoms with E-state index in [1.807, 2.05) is 7.11 Å². The zero-order chi connectivity index (χ0) is 12.0. The molecule has 1 fully saturated rings. The van der Waals surface area contributed by atoms with Gasteiger partial charge in [-0.3, -0.25) is 4.90 Å². The summed E-state index contributed by atoms with van der Waals surface area (Å²) < 4.78 is 5.34. The summed E-state index contributed by atoms with van der Waals surface area (Å²) in [6.45, 7) is 12.4. The minimum Gasteiger partial charge on any atom is -0.383 e. The van der Waals surface area contributed by atoms with Crippen molar-refractivity contribution in [2.24, 2.45) is 11.8 Å². The van der Waals surface area contributed by atoms with Crippen molar-refractivity contribution in [1.82, 2.24) is 10.2 Å². The Bertz CT molecular complexity index is 185. The third kappa shape index (κ3) is 4.04. The molecule has 2 atom stereocenters. The summed E-state index contributed by atoms with van der Waals surface area (Å²) in [5, 5.41) is 3.45. The Morgan fingerprint density at radius 3 is 2.75 bits per heavy atom. The number of nitrogens with one attached hydrogen (secondary N) is 1. The smallest absolute Gasteiger partial charge is 0.0620 e. The molecular weight excluding hydrogens is 200 g/mol. The highest BCUT2D eigenvalue weighted by Crippen LogP contribution is 2.21. The summed E-state index contributed by atoms with van der Waals surface area (Å²) >= 11 is 0. The molecule has 0 saturated carbocycles. The molecule has 16 heavy (non-hydrogen) atoms. The van der Waals surface area contributed by atoms with Gasteiger partial charge in [-0.25, -0.2) is 0 Å². The lowest BCUT2D eigenvalue weighted by molar-refractivity contribution is 0.0769. The molecule has 0 aliphatic carbocycles. The Morgan fingerprint density at radius 1 is 1.44 bits per heavy atom. The van der Waals surface area contributed by atoms with E-state index in [-0.39, 0.29) is 0 Å². The van der Waals surface area contributed by atoms with E-state index < -0.39 is 0 Å². The van der Waals surface area contributed by atoms with Crippen LogP contribution in [0.25, 0.3) is 0 Å². The molecule has 1 N–H and O–H groups in total. The second-order valence-corrected chi connectivity index (χ2v) is 5.22. The number of hydrogen-bond donors (Lipinski definition) is 1. The monoisotopic (exact) mass is 228 g/mol. The van der Waals surface area contributed by atoms with Gasteiger partial charge >= 0.3 is 0 Å². The Hall–Kier alpha value is -0.120. The maximum atomic E-state index is 5.34. The van der Waals surface area contributed by atoms with Gasteiger partial charge in [0.15, 0.2) is 0 Å². The van der Waals surface area contributed by atoms with E-state index >= 15 is 0 Å². The highest BCUT2D eigenvalue weighted by Gasteiger charge is 2.29. The summed E-state index contributed by atoms with van der Waals surface area (Å²) in [4.78, 5) is 2.61. The number of hydrogen-bond acceptors (Lipinski definition) is 3. The van der Waals surface area contributed by atoms with Crippen molar-refractivity contribution in [3.05, 3.63) is 0 Å². The minimum absolute atomic E-state index is 0.594. The molecule has 1 saturated heterocycles. The van der Waals surface area contributed by atoms with Crippen LogP contribution in [0.4, 0.5) is 0 Å². The fourth-order valence-electron chi connectivity index (χ4n) is 2.57. The molecule has 1 heterocycles. The largest absolute Gasteiger partial charge is 0.383 e. The van der Waals surface area contributed by atoms with E-state index in [4.69, 9.17) is 4.74 Å². The number of nitrogens with zero attached hydrogens (tertiary/aromatic N) is 1. The standard InChI is InChI=1S/C13H28N2O/c1-5-14-8-12-6-7-15(9-12)13(10-16-4)11(2)3/h11-14H,5-10H2,1-4H3. The molecule has 0 aromatic heterocycles.